The van der Waals surface area contributed by atoms with Gasteiger partial charge in [0.15, 0.2) is 4.96 Å². The van der Waals surface area contributed by atoms with E-state index in [0.29, 0.717) is 5.69 Å². The lowest BCUT2D eigenvalue weighted by molar-refractivity contribution is -0.114. The lowest BCUT2D eigenvalue weighted by Crippen LogP contribution is -2.12. The average Bonchev–Trinajstić information content (AvgIpc) is 3.06. The predicted octanol–water partition coefficient (Wildman–Crippen LogP) is 2.46. The van der Waals surface area contributed by atoms with E-state index >= 15 is 0 Å². The number of hydrogen-bond donors (Lipinski definition) is 1. The quantitative estimate of drug-likeness (QED) is 0.595. The Morgan fingerprint density at radius 1 is 1.38 bits per heavy atom. The van der Waals surface area contributed by atoms with Crippen LogP contribution >= 0.6 is 11.3 Å². The highest BCUT2D eigenvalue weighted by Crippen LogP contribution is 2.28. The van der Waals surface area contributed by atoms with Gasteiger partial charge in [0.1, 0.15) is 11.6 Å². The topological polar surface area (TPSA) is 84.2 Å². The number of primary amides is 1. The molecule has 2 aromatic heterocycles. The summed E-state index contributed by atoms with van der Waals surface area (Å²) >= 11 is 1.48. The van der Waals surface area contributed by atoms with Crippen molar-refractivity contribution in [1.29, 1.82) is 5.26 Å². The number of aromatic nitrogens is 2. The highest BCUT2D eigenvalue weighted by atomic mass is 32.1. The summed E-state index contributed by atoms with van der Waals surface area (Å²) in [6.45, 7) is 0. The van der Waals surface area contributed by atoms with Gasteiger partial charge in [-0.05, 0) is 6.08 Å². The summed E-state index contributed by atoms with van der Waals surface area (Å²) in [4.78, 5) is 16.6. The molecule has 21 heavy (non-hydrogen) atoms. The van der Waals surface area contributed by atoms with Crippen LogP contribution in [0.4, 0.5) is 0 Å². The summed E-state index contributed by atoms with van der Waals surface area (Å²) < 4.78 is 1.84. The molecule has 0 unspecified atom stereocenters. The van der Waals surface area contributed by atoms with E-state index in [0.717, 1.165) is 16.2 Å². The Kier molecular flexibility index (Phi) is 3.26. The molecule has 102 valence electrons. The molecule has 0 radical (unpaired) electrons. The number of nitriles is 1. The number of carbonyl (C=O) groups is 1. The van der Waals surface area contributed by atoms with Crippen molar-refractivity contribution in [1.82, 2.24) is 9.38 Å². The maximum absolute atomic E-state index is 11.3. The van der Waals surface area contributed by atoms with Gasteiger partial charge in [-0.2, -0.15) is 5.26 Å². The van der Waals surface area contributed by atoms with E-state index in [1.807, 2.05) is 52.4 Å². The number of amides is 1. The molecule has 3 aromatic rings. The second-order valence-electron chi connectivity index (χ2n) is 4.30. The Balaban J connectivity index is 2.27. The average molecular weight is 294 g/mol. The molecule has 0 saturated heterocycles. The molecule has 0 saturated carbocycles. The number of carbonyl (C=O) groups excluding carboxylic acids is 1. The zero-order valence-corrected chi connectivity index (χ0v) is 11.7. The van der Waals surface area contributed by atoms with Crippen LogP contribution in [0.25, 0.3) is 22.3 Å². The van der Waals surface area contributed by atoms with E-state index in [9.17, 15) is 4.79 Å². The fraction of sp³-hybridized carbons (Fsp3) is 0. The standard InChI is InChI=1S/C15H10N4OS/c16-9-11(14(17)20)8-12-13(10-4-2-1-3-5-10)18-15-19(12)6-7-21-15/h1-8H,(H2,17,20)/b11-8+. The van der Waals surface area contributed by atoms with Gasteiger partial charge in [0.05, 0.1) is 11.4 Å². The first-order chi connectivity index (χ1) is 10.2. The van der Waals surface area contributed by atoms with E-state index in [4.69, 9.17) is 11.0 Å². The largest absolute Gasteiger partial charge is 0.365 e. The number of nitrogens with zero attached hydrogens (tertiary/aromatic N) is 3. The van der Waals surface area contributed by atoms with Crippen LogP contribution in [0.1, 0.15) is 5.69 Å². The minimum atomic E-state index is -0.748. The van der Waals surface area contributed by atoms with Crippen molar-refractivity contribution in [2.75, 3.05) is 0 Å². The van der Waals surface area contributed by atoms with Gasteiger partial charge in [-0.3, -0.25) is 9.20 Å². The third-order valence-corrected chi connectivity index (χ3v) is 3.77. The van der Waals surface area contributed by atoms with Crippen molar-refractivity contribution in [2.45, 2.75) is 0 Å². The van der Waals surface area contributed by atoms with Crippen molar-refractivity contribution in [3.05, 3.63) is 53.2 Å². The molecule has 0 fully saturated rings. The number of imidazole rings is 1. The summed E-state index contributed by atoms with van der Waals surface area (Å²) in [5.74, 6) is -0.748. The van der Waals surface area contributed by atoms with Crippen molar-refractivity contribution in [2.24, 2.45) is 5.73 Å². The Labute approximate surface area is 124 Å². The lowest BCUT2D eigenvalue weighted by Gasteiger charge is -2.00. The maximum atomic E-state index is 11.3. The van der Waals surface area contributed by atoms with Gasteiger partial charge in [0.25, 0.3) is 5.91 Å². The molecule has 0 aliphatic carbocycles. The van der Waals surface area contributed by atoms with Gasteiger partial charge in [-0.25, -0.2) is 4.98 Å². The molecular formula is C15H10N4OS. The first-order valence-corrected chi connectivity index (χ1v) is 7.01. The van der Waals surface area contributed by atoms with E-state index in [1.54, 1.807) is 0 Å². The molecule has 0 atom stereocenters. The fourth-order valence-corrected chi connectivity index (χ4v) is 2.77. The van der Waals surface area contributed by atoms with Crippen LogP contribution < -0.4 is 5.73 Å². The van der Waals surface area contributed by atoms with Crippen molar-refractivity contribution < 1.29 is 4.79 Å². The monoisotopic (exact) mass is 294 g/mol. The minimum Gasteiger partial charge on any atom is -0.365 e. The predicted molar refractivity (Wildman–Crippen MR) is 81.3 cm³/mol. The molecule has 2 N–H and O–H groups in total. The number of benzene rings is 1. The minimum absolute atomic E-state index is 0.0971. The van der Waals surface area contributed by atoms with Crippen LogP contribution in [-0.2, 0) is 4.79 Å². The number of hydrogen-bond acceptors (Lipinski definition) is 4. The Bertz CT molecular complexity index is 883. The van der Waals surface area contributed by atoms with Gasteiger partial charge < -0.3 is 5.73 Å². The van der Waals surface area contributed by atoms with Crippen molar-refractivity contribution in [3.63, 3.8) is 0 Å². The van der Waals surface area contributed by atoms with Gasteiger partial charge in [-0.15, -0.1) is 11.3 Å². The number of rotatable bonds is 3. The molecule has 1 amide bonds. The van der Waals surface area contributed by atoms with E-state index in [-0.39, 0.29) is 5.57 Å². The van der Waals surface area contributed by atoms with Gasteiger partial charge in [0, 0.05) is 17.1 Å². The lowest BCUT2D eigenvalue weighted by atomic mass is 10.1. The smallest absolute Gasteiger partial charge is 0.259 e. The summed E-state index contributed by atoms with van der Waals surface area (Å²) in [5.41, 5.74) is 7.43. The zero-order valence-electron chi connectivity index (χ0n) is 10.9. The number of thiazole rings is 1. The Hall–Kier alpha value is -2.91. The maximum Gasteiger partial charge on any atom is 0.259 e. The second-order valence-corrected chi connectivity index (χ2v) is 5.17. The van der Waals surface area contributed by atoms with E-state index < -0.39 is 5.91 Å². The third kappa shape index (κ3) is 2.30. The third-order valence-electron chi connectivity index (χ3n) is 3.01. The SMILES string of the molecule is N#C/C(=C\c1c(-c2ccccc2)nc2sccn12)C(N)=O. The Morgan fingerprint density at radius 3 is 2.81 bits per heavy atom. The zero-order chi connectivity index (χ0) is 14.8. The fourth-order valence-electron chi connectivity index (χ4n) is 2.04. The first-order valence-electron chi connectivity index (χ1n) is 6.13. The first kappa shape index (κ1) is 13.1. The molecule has 0 bridgehead atoms. The van der Waals surface area contributed by atoms with Gasteiger partial charge in [0.2, 0.25) is 0 Å². The molecule has 1 aromatic carbocycles. The van der Waals surface area contributed by atoms with E-state index in [1.165, 1.54) is 17.4 Å². The molecule has 2 heterocycles. The van der Waals surface area contributed by atoms with Crippen LogP contribution in [0.15, 0.2) is 47.5 Å². The molecule has 3 rings (SSSR count). The highest BCUT2D eigenvalue weighted by molar-refractivity contribution is 7.15. The normalized spacial score (nSPS) is 11.5. The summed E-state index contributed by atoms with van der Waals surface area (Å²) in [6.07, 6.45) is 3.33. The summed E-state index contributed by atoms with van der Waals surface area (Å²) in [6, 6.07) is 11.4. The second kappa shape index (κ2) is 5.23. The van der Waals surface area contributed by atoms with Crippen LogP contribution in [0.5, 0.6) is 0 Å². The molecule has 0 aliphatic rings. The van der Waals surface area contributed by atoms with Gasteiger partial charge >= 0.3 is 0 Å². The number of nitrogens with two attached hydrogens (primary N) is 1. The van der Waals surface area contributed by atoms with Crippen molar-refractivity contribution in [3.8, 4) is 17.3 Å². The van der Waals surface area contributed by atoms with Crippen LogP contribution in [0.2, 0.25) is 0 Å². The molecule has 5 nitrogen and oxygen atoms in total. The van der Waals surface area contributed by atoms with E-state index in [2.05, 4.69) is 4.98 Å². The highest BCUT2D eigenvalue weighted by Gasteiger charge is 2.15. The van der Waals surface area contributed by atoms with Crippen molar-refractivity contribution >= 4 is 28.3 Å². The molecule has 0 spiro atoms. The van der Waals surface area contributed by atoms with Crippen LogP contribution in [0.3, 0.4) is 0 Å². The van der Waals surface area contributed by atoms with Crippen LogP contribution in [-0.4, -0.2) is 15.3 Å². The Morgan fingerprint density at radius 2 is 2.14 bits per heavy atom. The van der Waals surface area contributed by atoms with Crippen LogP contribution in [0, 0.1) is 11.3 Å². The number of fused-ring (bicyclic) bond motifs is 1. The molecule has 6 heteroatoms. The molecular weight excluding hydrogens is 284 g/mol. The summed E-state index contributed by atoms with van der Waals surface area (Å²) in [5, 5.41) is 10.9. The molecule has 0 aliphatic heterocycles. The summed E-state index contributed by atoms with van der Waals surface area (Å²) in [7, 11) is 0. The van der Waals surface area contributed by atoms with Gasteiger partial charge in [-0.1, -0.05) is 30.3 Å².